The fraction of sp³-hybridized carbons (Fsp3) is 0.500. The fourth-order valence-electron chi connectivity index (χ4n) is 1.63. The summed E-state index contributed by atoms with van der Waals surface area (Å²) in [5.74, 6) is 0.170. The molecule has 1 unspecified atom stereocenters. The molecule has 0 aliphatic carbocycles. The summed E-state index contributed by atoms with van der Waals surface area (Å²) in [5, 5.41) is 0. The molecule has 0 saturated carbocycles. The molecule has 0 fully saturated rings. The van der Waals surface area contributed by atoms with E-state index in [1.165, 1.54) is 0 Å². The molecule has 0 amide bonds. The molecule has 0 heterocycles. The smallest absolute Gasteiger partial charge is 0.166 e. The molecule has 94 valence electrons. The fourth-order valence-corrected chi connectivity index (χ4v) is 1.89. The molecule has 3 heteroatoms. The van der Waals surface area contributed by atoms with Crippen molar-refractivity contribution in [3.8, 4) is 0 Å². The van der Waals surface area contributed by atoms with Crippen LogP contribution in [0.15, 0.2) is 28.7 Å². The number of carbonyl (C=O) groups is 1. The molecule has 17 heavy (non-hydrogen) atoms. The van der Waals surface area contributed by atoms with Gasteiger partial charge in [-0.05, 0) is 30.5 Å². The lowest BCUT2D eigenvalue weighted by atomic mass is 10.0. The van der Waals surface area contributed by atoms with Crippen LogP contribution in [0, 0.1) is 0 Å². The maximum atomic E-state index is 12.0. The first-order valence-corrected chi connectivity index (χ1v) is 6.88. The normalized spacial score (nSPS) is 12.4. The van der Waals surface area contributed by atoms with Gasteiger partial charge in [-0.3, -0.25) is 4.79 Å². The van der Waals surface area contributed by atoms with Gasteiger partial charge in [-0.15, -0.1) is 0 Å². The second-order valence-corrected chi connectivity index (χ2v) is 4.93. The predicted molar refractivity (Wildman–Crippen MR) is 73.0 cm³/mol. The van der Waals surface area contributed by atoms with Crippen molar-refractivity contribution in [2.45, 2.75) is 39.2 Å². The van der Waals surface area contributed by atoms with Crippen LogP contribution in [-0.2, 0) is 9.53 Å². The van der Waals surface area contributed by atoms with Crippen molar-refractivity contribution in [2.24, 2.45) is 0 Å². The molecule has 1 aromatic rings. The van der Waals surface area contributed by atoms with Crippen LogP contribution in [0.3, 0.4) is 0 Å². The van der Waals surface area contributed by atoms with Crippen molar-refractivity contribution in [3.05, 3.63) is 34.3 Å². The van der Waals surface area contributed by atoms with E-state index in [1.807, 2.05) is 38.1 Å². The number of hydrogen-bond acceptors (Lipinski definition) is 2. The SMILES string of the molecule is CCCOC(C(=O)CCC)c1ccc(Br)cc1. The number of rotatable bonds is 7. The summed E-state index contributed by atoms with van der Waals surface area (Å²) in [6.45, 7) is 4.68. The Balaban J connectivity index is 2.81. The molecule has 1 aromatic carbocycles. The number of benzene rings is 1. The van der Waals surface area contributed by atoms with Crippen LogP contribution in [0.2, 0.25) is 0 Å². The lowest BCUT2D eigenvalue weighted by Gasteiger charge is -2.16. The highest BCUT2D eigenvalue weighted by atomic mass is 79.9. The Morgan fingerprint density at radius 2 is 1.88 bits per heavy atom. The zero-order chi connectivity index (χ0) is 12.7. The summed E-state index contributed by atoms with van der Waals surface area (Å²) >= 11 is 3.39. The zero-order valence-corrected chi connectivity index (χ0v) is 12.0. The van der Waals surface area contributed by atoms with Crippen molar-refractivity contribution in [2.75, 3.05) is 6.61 Å². The van der Waals surface area contributed by atoms with Crippen LogP contribution in [0.4, 0.5) is 0 Å². The standard InChI is InChI=1S/C14H19BrO2/c1-3-5-13(16)14(17-10-4-2)11-6-8-12(15)9-7-11/h6-9,14H,3-5,10H2,1-2H3. The number of ketones is 1. The summed E-state index contributed by atoms with van der Waals surface area (Å²) in [4.78, 5) is 12.0. The number of ether oxygens (including phenoxy) is 1. The van der Waals surface area contributed by atoms with Gasteiger partial charge in [0.05, 0.1) is 0 Å². The molecule has 1 rings (SSSR count). The van der Waals surface area contributed by atoms with E-state index in [2.05, 4.69) is 15.9 Å². The van der Waals surface area contributed by atoms with Gasteiger partial charge < -0.3 is 4.74 Å². The molecule has 0 N–H and O–H groups in total. The lowest BCUT2D eigenvalue weighted by molar-refractivity contribution is -0.131. The van der Waals surface area contributed by atoms with Gasteiger partial charge in [0, 0.05) is 17.5 Å². The highest BCUT2D eigenvalue weighted by Crippen LogP contribution is 2.22. The van der Waals surface area contributed by atoms with Crippen LogP contribution >= 0.6 is 15.9 Å². The Labute approximate surface area is 111 Å². The van der Waals surface area contributed by atoms with Gasteiger partial charge in [0.2, 0.25) is 0 Å². The van der Waals surface area contributed by atoms with Crippen molar-refractivity contribution >= 4 is 21.7 Å². The maximum Gasteiger partial charge on any atom is 0.166 e. The average molecular weight is 299 g/mol. The minimum atomic E-state index is -0.400. The van der Waals surface area contributed by atoms with Crippen LogP contribution in [0.1, 0.15) is 44.8 Å². The van der Waals surface area contributed by atoms with E-state index < -0.39 is 6.10 Å². The molecule has 0 saturated heterocycles. The van der Waals surface area contributed by atoms with E-state index in [0.29, 0.717) is 13.0 Å². The van der Waals surface area contributed by atoms with Gasteiger partial charge in [-0.25, -0.2) is 0 Å². The van der Waals surface area contributed by atoms with E-state index in [4.69, 9.17) is 4.74 Å². The summed E-state index contributed by atoms with van der Waals surface area (Å²) < 4.78 is 6.68. The number of Topliss-reactive ketones (excluding diaryl/α,β-unsaturated/α-hetero) is 1. The Bertz CT molecular complexity index is 346. The minimum Gasteiger partial charge on any atom is -0.366 e. The second kappa shape index (κ2) is 7.62. The van der Waals surface area contributed by atoms with E-state index in [1.54, 1.807) is 0 Å². The van der Waals surface area contributed by atoms with Crippen LogP contribution in [-0.4, -0.2) is 12.4 Å². The number of halogens is 1. The van der Waals surface area contributed by atoms with Crippen molar-refractivity contribution in [1.82, 2.24) is 0 Å². The van der Waals surface area contributed by atoms with E-state index in [9.17, 15) is 4.79 Å². The largest absolute Gasteiger partial charge is 0.366 e. The predicted octanol–water partition coefficient (Wildman–Crippen LogP) is 4.29. The average Bonchev–Trinajstić information content (AvgIpc) is 2.32. The molecular formula is C14H19BrO2. The summed E-state index contributed by atoms with van der Waals surface area (Å²) in [5.41, 5.74) is 0.945. The quantitative estimate of drug-likeness (QED) is 0.751. The van der Waals surface area contributed by atoms with Gasteiger partial charge in [-0.1, -0.05) is 41.9 Å². The van der Waals surface area contributed by atoms with Gasteiger partial charge in [0.25, 0.3) is 0 Å². The Hall–Kier alpha value is -0.670. The number of hydrogen-bond donors (Lipinski definition) is 0. The molecule has 0 radical (unpaired) electrons. The number of carbonyl (C=O) groups excluding carboxylic acids is 1. The molecule has 0 aliphatic rings. The topological polar surface area (TPSA) is 26.3 Å². The molecular weight excluding hydrogens is 280 g/mol. The third-order valence-corrected chi connectivity index (χ3v) is 2.98. The minimum absolute atomic E-state index is 0.170. The maximum absolute atomic E-state index is 12.0. The summed E-state index contributed by atoms with van der Waals surface area (Å²) in [6, 6.07) is 7.77. The zero-order valence-electron chi connectivity index (χ0n) is 10.4. The van der Waals surface area contributed by atoms with E-state index in [-0.39, 0.29) is 5.78 Å². The Morgan fingerprint density at radius 1 is 1.24 bits per heavy atom. The van der Waals surface area contributed by atoms with Crippen LogP contribution < -0.4 is 0 Å². The summed E-state index contributed by atoms with van der Waals surface area (Å²) in [6.07, 6.45) is 1.96. The van der Waals surface area contributed by atoms with Gasteiger partial charge in [0.1, 0.15) is 6.10 Å². The molecule has 0 aromatic heterocycles. The highest BCUT2D eigenvalue weighted by Gasteiger charge is 2.19. The van der Waals surface area contributed by atoms with Crippen LogP contribution in [0.5, 0.6) is 0 Å². The molecule has 0 spiro atoms. The first-order valence-electron chi connectivity index (χ1n) is 6.08. The first-order chi connectivity index (χ1) is 8.19. The Morgan fingerprint density at radius 3 is 2.41 bits per heavy atom. The Kier molecular flexibility index (Phi) is 6.45. The monoisotopic (exact) mass is 298 g/mol. The third kappa shape index (κ3) is 4.60. The molecule has 0 aliphatic heterocycles. The van der Waals surface area contributed by atoms with Crippen molar-refractivity contribution < 1.29 is 9.53 Å². The third-order valence-electron chi connectivity index (χ3n) is 2.45. The molecule has 1 atom stereocenters. The van der Waals surface area contributed by atoms with Crippen molar-refractivity contribution in [3.63, 3.8) is 0 Å². The van der Waals surface area contributed by atoms with Gasteiger partial charge >= 0.3 is 0 Å². The van der Waals surface area contributed by atoms with E-state index in [0.717, 1.165) is 22.9 Å². The highest BCUT2D eigenvalue weighted by molar-refractivity contribution is 9.10. The first kappa shape index (κ1) is 14.4. The molecule has 2 nitrogen and oxygen atoms in total. The second-order valence-electron chi connectivity index (χ2n) is 4.02. The van der Waals surface area contributed by atoms with E-state index >= 15 is 0 Å². The van der Waals surface area contributed by atoms with Gasteiger partial charge in [-0.2, -0.15) is 0 Å². The lowest BCUT2D eigenvalue weighted by Crippen LogP contribution is -2.16. The van der Waals surface area contributed by atoms with Crippen molar-refractivity contribution in [1.29, 1.82) is 0 Å². The van der Waals surface area contributed by atoms with Gasteiger partial charge in [0.15, 0.2) is 5.78 Å². The van der Waals surface area contributed by atoms with Crippen LogP contribution in [0.25, 0.3) is 0 Å². The molecule has 0 bridgehead atoms. The summed E-state index contributed by atoms with van der Waals surface area (Å²) in [7, 11) is 0.